The first-order valence-electron chi connectivity index (χ1n) is 6.81. The first kappa shape index (κ1) is 13.6. The first-order valence-corrected chi connectivity index (χ1v) is 6.81. The third-order valence-electron chi connectivity index (χ3n) is 3.65. The van der Waals surface area contributed by atoms with E-state index in [-0.39, 0.29) is 6.03 Å². The predicted octanol–water partition coefficient (Wildman–Crippen LogP) is 1.48. The number of amides is 2. The van der Waals surface area contributed by atoms with E-state index in [1.165, 1.54) is 0 Å². The molecule has 2 amide bonds. The van der Waals surface area contributed by atoms with Crippen LogP contribution in [0.1, 0.15) is 33.6 Å². The number of carbonyl (C=O) groups excluding carboxylic acids is 1. The van der Waals surface area contributed by atoms with Crippen molar-refractivity contribution < 1.29 is 14.3 Å². The smallest absolute Gasteiger partial charge is 0.315 e. The lowest BCUT2D eigenvalue weighted by Crippen LogP contribution is -2.40. The van der Waals surface area contributed by atoms with Gasteiger partial charge in [-0.15, -0.1) is 0 Å². The van der Waals surface area contributed by atoms with Crippen LogP contribution in [-0.2, 0) is 9.47 Å². The molecule has 104 valence electrons. The molecule has 0 aromatic rings. The Hall–Kier alpha value is -0.810. The fourth-order valence-corrected chi connectivity index (χ4v) is 2.39. The van der Waals surface area contributed by atoms with Gasteiger partial charge in [-0.3, -0.25) is 0 Å². The van der Waals surface area contributed by atoms with Crippen LogP contribution in [0.3, 0.4) is 0 Å². The molecule has 5 heteroatoms. The Kier molecular flexibility index (Phi) is 4.12. The lowest BCUT2D eigenvalue weighted by atomic mass is 10.0. The van der Waals surface area contributed by atoms with Crippen molar-refractivity contribution in [3.63, 3.8) is 0 Å². The summed E-state index contributed by atoms with van der Waals surface area (Å²) >= 11 is 0. The Bertz CT molecular complexity index is 303. The normalized spacial score (nSPS) is 30.8. The minimum Gasteiger partial charge on any atom is -0.348 e. The SMILES string of the molecule is C[C@H](CNC(=O)N[C@@H]1C[C@H]1C)CC1(C)OCCO1. The van der Waals surface area contributed by atoms with Crippen molar-refractivity contribution in [1.29, 1.82) is 0 Å². The van der Waals surface area contributed by atoms with Crippen LogP contribution in [0, 0.1) is 11.8 Å². The number of ether oxygens (including phenoxy) is 2. The van der Waals surface area contributed by atoms with Crippen molar-refractivity contribution in [2.75, 3.05) is 19.8 Å². The van der Waals surface area contributed by atoms with E-state index in [1.54, 1.807) is 0 Å². The van der Waals surface area contributed by atoms with E-state index in [0.717, 1.165) is 12.8 Å². The van der Waals surface area contributed by atoms with Crippen LogP contribution in [0.15, 0.2) is 0 Å². The summed E-state index contributed by atoms with van der Waals surface area (Å²) in [4.78, 5) is 11.6. The van der Waals surface area contributed by atoms with Gasteiger partial charge in [0.1, 0.15) is 0 Å². The summed E-state index contributed by atoms with van der Waals surface area (Å²) in [7, 11) is 0. The maximum atomic E-state index is 11.6. The van der Waals surface area contributed by atoms with Gasteiger partial charge >= 0.3 is 6.03 Å². The summed E-state index contributed by atoms with van der Waals surface area (Å²) in [6.07, 6.45) is 1.90. The quantitative estimate of drug-likeness (QED) is 0.783. The zero-order valence-electron chi connectivity index (χ0n) is 11.5. The highest BCUT2D eigenvalue weighted by atomic mass is 16.7. The van der Waals surface area contributed by atoms with Crippen molar-refractivity contribution in [3.05, 3.63) is 0 Å². The fourth-order valence-electron chi connectivity index (χ4n) is 2.39. The summed E-state index contributed by atoms with van der Waals surface area (Å²) in [5.74, 6) is 0.491. The lowest BCUT2D eigenvalue weighted by Gasteiger charge is -2.26. The zero-order valence-corrected chi connectivity index (χ0v) is 11.5. The Morgan fingerprint density at radius 1 is 1.44 bits per heavy atom. The molecule has 1 saturated carbocycles. The second kappa shape index (κ2) is 5.45. The fraction of sp³-hybridized carbons (Fsp3) is 0.923. The van der Waals surface area contributed by atoms with Crippen LogP contribution in [0.25, 0.3) is 0 Å². The van der Waals surface area contributed by atoms with Crippen molar-refractivity contribution >= 4 is 6.03 Å². The number of rotatable bonds is 5. The van der Waals surface area contributed by atoms with E-state index >= 15 is 0 Å². The van der Waals surface area contributed by atoms with Crippen LogP contribution in [0.5, 0.6) is 0 Å². The molecule has 3 atom stereocenters. The van der Waals surface area contributed by atoms with Crippen molar-refractivity contribution in [2.45, 2.75) is 45.4 Å². The number of nitrogens with one attached hydrogen (secondary N) is 2. The Morgan fingerprint density at radius 2 is 2.06 bits per heavy atom. The highest BCUT2D eigenvalue weighted by Crippen LogP contribution is 2.29. The van der Waals surface area contributed by atoms with Gasteiger partial charge in [-0.25, -0.2) is 4.79 Å². The molecule has 2 N–H and O–H groups in total. The third kappa shape index (κ3) is 3.85. The van der Waals surface area contributed by atoms with E-state index in [4.69, 9.17) is 9.47 Å². The van der Waals surface area contributed by atoms with Crippen molar-refractivity contribution in [2.24, 2.45) is 11.8 Å². The van der Waals surface area contributed by atoms with Crippen LogP contribution in [0.4, 0.5) is 4.79 Å². The third-order valence-corrected chi connectivity index (χ3v) is 3.65. The molecule has 0 radical (unpaired) electrons. The molecule has 0 bridgehead atoms. The molecule has 1 saturated heterocycles. The number of urea groups is 1. The van der Waals surface area contributed by atoms with Gasteiger partial charge in [-0.05, 0) is 25.2 Å². The standard InChI is InChI=1S/C13H24N2O3/c1-9(7-13(3)17-4-5-18-13)8-14-12(16)15-11-6-10(11)2/h9-11H,4-8H2,1-3H3,(H2,14,15,16)/t9-,10+,11+/m0/s1. The maximum Gasteiger partial charge on any atom is 0.315 e. The number of carbonyl (C=O) groups is 1. The molecule has 0 aromatic carbocycles. The molecule has 1 aliphatic carbocycles. The molecule has 5 nitrogen and oxygen atoms in total. The molecule has 0 aromatic heterocycles. The first-order chi connectivity index (χ1) is 8.48. The van der Waals surface area contributed by atoms with E-state index in [0.29, 0.717) is 37.6 Å². The van der Waals surface area contributed by atoms with Gasteiger partial charge in [0.15, 0.2) is 5.79 Å². The van der Waals surface area contributed by atoms with Gasteiger partial charge in [-0.1, -0.05) is 13.8 Å². The van der Waals surface area contributed by atoms with Crippen molar-refractivity contribution in [1.82, 2.24) is 10.6 Å². The van der Waals surface area contributed by atoms with Gasteiger partial charge in [-0.2, -0.15) is 0 Å². The van der Waals surface area contributed by atoms with E-state index in [2.05, 4.69) is 24.5 Å². The van der Waals surface area contributed by atoms with Gasteiger partial charge in [0.05, 0.1) is 13.2 Å². The molecule has 0 spiro atoms. The summed E-state index contributed by atoms with van der Waals surface area (Å²) in [6.45, 7) is 8.17. The monoisotopic (exact) mass is 256 g/mol. The Morgan fingerprint density at radius 3 is 2.61 bits per heavy atom. The minimum atomic E-state index is -0.470. The molecule has 18 heavy (non-hydrogen) atoms. The maximum absolute atomic E-state index is 11.6. The van der Waals surface area contributed by atoms with Crippen LogP contribution < -0.4 is 10.6 Å². The Labute approximate surface area is 109 Å². The largest absolute Gasteiger partial charge is 0.348 e. The predicted molar refractivity (Wildman–Crippen MR) is 68.2 cm³/mol. The molecular formula is C13H24N2O3. The summed E-state index contributed by atoms with van der Waals surface area (Å²) in [6, 6.07) is 0.314. The minimum absolute atomic E-state index is 0.0605. The molecule has 1 aliphatic heterocycles. The van der Waals surface area contributed by atoms with E-state index < -0.39 is 5.79 Å². The van der Waals surface area contributed by atoms with Crippen LogP contribution in [-0.4, -0.2) is 37.6 Å². The second-order valence-corrected chi connectivity index (χ2v) is 5.81. The molecule has 2 aliphatic rings. The van der Waals surface area contributed by atoms with Crippen LogP contribution in [0.2, 0.25) is 0 Å². The lowest BCUT2D eigenvalue weighted by molar-refractivity contribution is -0.153. The number of hydrogen-bond donors (Lipinski definition) is 2. The van der Waals surface area contributed by atoms with Gasteiger partial charge in [0.25, 0.3) is 0 Å². The Balaban J connectivity index is 1.61. The highest BCUT2D eigenvalue weighted by Gasteiger charge is 2.34. The van der Waals surface area contributed by atoms with Gasteiger partial charge in [0.2, 0.25) is 0 Å². The van der Waals surface area contributed by atoms with Crippen LogP contribution >= 0.6 is 0 Å². The van der Waals surface area contributed by atoms with E-state index in [1.807, 2.05) is 6.92 Å². The number of hydrogen-bond acceptors (Lipinski definition) is 3. The molecular weight excluding hydrogens is 232 g/mol. The highest BCUT2D eigenvalue weighted by molar-refractivity contribution is 5.74. The van der Waals surface area contributed by atoms with E-state index in [9.17, 15) is 4.79 Å². The summed E-state index contributed by atoms with van der Waals surface area (Å²) < 4.78 is 11.1. The van der Waals surface area contributed by atoms with Gasteiger partial charge in [0, 0.05) is 19.0 Å². The second-order valence-electron chi connectivity index (χ2n) is 5.81. The summed E-state index contributed by atoms with van der Waals surface area (Å²) in [5, 5.41) is 5.85. The van der Waals surface area contributed by atoms with Crippen molar-refractivity contribution in [3.8, 4) is 0 Å². The topological polar surface area (TPSA) is 59.6 Å². The molecule has 1 heterocycles. The summed E-state index contributed by atoms with van der Waals surface area (Å²) in [5.41, 5.74) is 0. The zero-order chi connectivity index (χ0) is 13.2. The van der Waals surface area contributed by atoms with Gasteiger partial charge < -0.3 is 20.1 Å². The molecule has 2 rings (SSSR count). The average molecular weight is 256 g/mol. The molecule has 0 unspecified atom stereocenters. The average Bonchev–Trinajstić information content (AvgIpc) is 2.80. The molecule has 2 fully saturated rings.